The van der Waals surface area contributed by atoms with Crippen molar-refractivity contribution in [1.29, 1.82) is 0 Å². The van der Waals surface area contributed by atoms with Gasteiger partial charge in [0.05, 0.1) is 0 Å². The fraction of sp³-hybridized carbons (Fsp3) is 1.00. The van der Waals surface area contributed by atoms with Gasteiger partial charge in [0, 0.05) is 0 Å². The van der Waals surface area contributed by atoms with E-state index in [9.17, 15) is 0 Å². The van der Waals surface area contributed by atoms with E-state index in [2.05, 4.69) is 20.8 Å². The van der Waals surface area contributed by atoms with Crippen LogP contribution in [0.1, 0.15) is 72.1 Å². The molecular weight excluding hydrogens is 303 g/mol. The van der Waals surface area contributed by atoms with E-state index in [1.807, 2.05) is 0 Å². The Balaban J connectivity index is 3.03. The van der Waals surface area contributed by atoms with Crippen LogP contribution in [-0.2, 0) is 3.07 Å². The van der Waals surface area contributed by atoms with E-state index in [0.717, 1.165) is 12.5 Å². The Morgan fingerprint density at radius 3 is 2.12 bits per heavy atom. The Bertz CT molecular complexity index is 124. The van der Waals surface area contributed by atoms with Gasteiger partial charge in [-0.3, -0.25) is 0 Å². The normalized spacial score (nSPS) is 11.2. The molecule has 96 valence electrons. The summed E-state index contributed by atoms with van der Waals surface area (Å²) in [7, 11) is 0. The summed E-state index contributed by atoms with van der Waals surface area (Å²) in [6.07, 6.45) is 11.1. The summed E-state index contributed by atoms with van der Waals surface area (Å²) in [5.74, 6) is 0.824. The summed E-state index contributed by atoms with van der Waals surface area (Å²) < 4.78 is 7.30. The summed E-state index contributed by atoms with van der Waals surface area (Å²) in [5, 5.41) is 0. The number of hydrogen-bond donors (Lipinski definition) is 0. The molecule has 2 heteroatoms. The Labute approximate surface area is 113 Å². The molecule has 0 aliphatic heterocycles. The van der Waals surface area contributed by atoms with Crippen LogP contribution in [0.2, 0.25) is 4.44 Å². The molecule has 0 bridgehead atoms. The minimum absolute atomic E-state index is 0.451. The van der Waals surface area contributed by atoms with Gasteiger partial charge in [-0.15, -0.1) is 0 Å². The quantitative estimate of drug-likeness (QED) is 0.367. The predicted octanol–water partition coefficient (Wildman–Crippen LogP) is 4.84. The summed E-state index contributed by atoms with van der Waals surface area (Å²) in [6.45, 7) is 7.88. The van der Waals surface area contributed by atoms with E-state index >= 15 is 0 Å². The predicted molar refractivity (Wildman–Crippen MR) is 74.0 cm³/mol. The van der Waals surface area contributed by atoms with Crippen molar-refractivity contribution in [2.45, 2.75) is 76.6 Å². The van der Waals surface area contributed by atoms with Gasteiger partial charge in [-0.2, -0.15) is 0 Å². The van der Waals surface area contributed by atoms with Crippen LogP contribution < -0.4 is 0 Å². The van der Waals surface area contributed by atoms with Crippen molar-refractivity contribution in [2.24, 2.45) is 5.92 Å². The van der Waals surface area contributed by atoms with Crippen LogP contribution in [0.4, 0.5) is 0 Å². The van der Waals surface area contributed by atoms with Crippen LogP contribution in [0.15, 0.2) is 0 Å². The Kier molecular flexibility index (Phi) is 14.5. The van der Waals surface area contributed by atoms with Crippen molar-refractivity contribution in [3.05, 3.63) is 0 Å². The van der Waals surface area contributed by atoms with Crippen LogP contribution in [0.25, 0.3) is 0 Å². The second-order valence-corrected chi connectivity index (χ2v) is 7.73. The van der Waals surface area contributed by atoms with Gasteiger partial charge in [0.25, 0.3) is 0 Å². The van der Waals surface area contributed by atoms with Gasteiger partial charge >= 0.3 is 114 Å². The van der Waals surface area contributed by atoms with E-state index in [1.54, 1.807) is 0 Å². The van der Waals surface area contributed by atoms with Crippen molar-refractivity contribution in [3.63, 3.8) is 0 Å². The van der Waals surface area contributed by atoms with E-state index in [1.165, 1.54) is 55.8 Å². The van der Waals surface area contributed by atoms with Crippen molar-refractivity contribution in [2.75, 3.05) is 6.61 Å². The zero-order valence-electron chi connectivity index (χ0n) is 11.6. The van der Waals surface area contributed by atoms with Gasteiger partial charge in [0.15, 0.2) is 0 Å². The summed E-state index contributed by atoms with van der Waals surface area (Å²) in [6, 6.07) is 0. The van der Waals surface area contributed by atoms with E-state index in [-0.39, 0.29) is 0 Å². The van der Waals surface area contributed by atoms with Crippen LogP contribution in [-0.4, -0.2) is 28.2 Å². The number of hydrogen-bond acceptors (Lipinski definition) is 1. The van der Waals surface area contributed by atoms with Crippen LogP contribution in [0.3, 0.4) is 0 Å². The first-order valence-electron chi connectivity index (χ1n) is 7.19. The van der Waals surface area contributed by atoms with Gasteiger partial charge in [-0.05, 0) is 0 Å². The van der Waals surface area contributed by atoms with Crippen molar-refractivity contribution in [3.8, 4) is 0 Å². The zero-order chi connectivity index (χ0) is 12.1. The summed E-state index contributed by atoms with van der Waals surface area (Å²) in [4.78, 5) is 0. The van der Waals surface area contributed by atoms with Crippen LogP contribution in [0, 0.1) is 5.92 Å². The maximum absolute atomic E-state index is 5.88. The molecule has 2 radical (unpaired) electrons. The summed E-state index contributed by atoms with van der Waals surface area (Å²) in [5.41, 5.74) is 0. The molecular formula is C14H30OSn. The average molecular weight is 333 g/mol. The second-order valence-electron chi connectivity index (χ2n) is 4.66. The molecule has 1 nitrogen and oxygen atoms in total. The molecule has 0 heterocycles. The first kappa shape index (κ1) is 16.8. The molecule has 0 saturated heterocycles. The van der Waals surface area contributed by atoms with Crippen molar-refractivity contribution < 1.29 is 3.07 Å². The van der Waals surface area contributed by atoms with Gasteiger partial charge in [-0.25, -0.2) is 0 Å². The third kappa shape index (κ3) is 11.3. The first-order valence-corrected chi connectivity index (χ1v) is 10.4. The molecule has 0 aromatic rings. The Morgan fingerprint density at radius 1 is 0.875 bits per heavy atom. The zero-order valence-corrected chi connectivity index (χ0v) is 14.4. The molecule has 0 aliphatic rings. The van der Waals surface area contributed by atoms with Gasteiger partial charge in [0.2, 0.25) is 0 Å². The third-order valence-electron chi connectivity index (χ3n) is 3.21. The molecule has 0 atom stereocenters. The summed E-state index contributed by atoms with van der Waals surface area (Å²) >= 11 is -0.451. The Hall–Kier alpha value is 0.759. The second kappa shape index (κ2) is 13.8. The molecule has 0 aromatic heterocycles. The molecule has 16 heavy (non-hydrogen) atoms. The van der Waals surface area contributed by atoms with E-state index in [0.29, 0.717) is 0 Å². The molecule has 0 unspecified atom stereocenters. The molecule has 0 amide bonds. The van der Waals surface area contributed by atoms with Crippen molar-refractivity contribution in [1.82, 2.24) is 0 Å². The molecule has 0 aliphatic carbocycles. The maximum atomic E-state index is 5.88. The molecule has 0 rings (SSSR count). The van der Waals surface area contributed by atoms with Gasteiger partial charge in [-0.1, -0.05) is 0 Å². The minimum atomic E-state index is -0.451. The third-order valence-corrected chi connectivity index (χ3v) is 5.86. The van der Waals surface area contributed by atoms with Gasteiger partial charge in [0.1, 0.15) is 0 Å². The topological polar surface area (TPSA) is 9.23 Å². The number of rotatable bonds is 12. The van der Waals surface area contributed by atoms with Crippen LogP contribution >= 0.6 is 0 Å². The molecule has 0 aromatic carbocycles. The number of unbranched alkanes of at least 4 members (excludes halogenated alkanes) is 5. The first-order chi connectivity index (χ1) is 7.85. The fourth-order valence-corrected chi connectivity index (χ4v) is 4.30. The average Bonchev–Trinajstić information content (AvgIpc) is 2.32. The monoisotopic (exact) mass is 334 g/mol. The van der Waals surface area contributed by atoms with Crippen LogP contribution in [0.5, 0.6) is 0 Å². The standard InChI is InChI=1S/C8H17.C6H13O.Sn/c1-3-5-7-8-6-4-2;1-3-6(4-2)5-7;/h1,3-8H2,2H3;6H,3-5H2,1-2H3;/q;-1;+1. The van der Waals surface area contributed by atoms with E-state index in [4.69, 9.17) is 3.07 Å². The SMILES string of the molecule is CCCCCCC[CH2][Sn][O]CC(CC)CC. The fourth-order valence-electron chi connectivity index (χ4n) is 1.75. The van der Waals surface area contributed by atoms with Crippen molar-refractivity contribution >= 4 is 21.6 Å². The Morgan fingerprint density at radius 2 is 1.50 bits per heavy atom. The van der Waals surface area contributed by atoms with E-state index < -0.39 is 21.6 Å². The molecule has 0 saturated carbocycles. The van der Waals surface area contributed by atoms with Gasteiger partial charge < -0.3 is 0 Å². The molecule has 0 fully saturated rings. The molecule has 0 N–H and O–H groups in total. The molecule has 0 spiro atoms.